The number of carboxylic acids is 1. The van der Waals surface area contributed by atoms with Gasteiger partial charge in [-0.1, -0.05) is 30.0 Å². The number of benzene rings is 2. The first kappa shape index (κ1) is 20.5. The van der Waals surface area contributed by atoms with E-state index in [1.165, 1.54) is 12.1 Å². The second kappa shape index (κ2) is 8.01. The lowest BCUT2D eigenvalue weighted by atomic mass is 9.97. The van der Waals surface area contributed by atoms with Crippen molar-refractivity contribution in [3.63, 3.8) is 0 Å². The molecular weight excluding hydrogens is 384 g/mol. The highest BCUT2D eigenvalue weighted by molar-refractivity contribution is 5.90. The Bertz CT molecular complexity index is 1260. The van der Waals surface area contributed by atoms with E-state index in [-0.39, 0.29) is 33.9 Å². The molecule has 0 aliphatic heterocycles. The molecule has 1 aromatic heterocycles. The molecule has 150 valence electrons. The summed E-state index contributed by atoms with van der Waals surface area (Å²) in [6.07, 6.45) is 0. The predicted molar refractivity (Wildman–Crippen MR) is 112 cm³/mol. The van der Waals surface area contributed by atoms with E-state index in [9.17, 15) is 20.0 Å². The van der Waals surface area contributed by atoms with E-state index in [0.717, 1.165) is 5.56 Å². The molecule has 0 amide bonds. The van der Waals surface area contributed by atoms with Crippen LogP contribution < -0.4 is 5.73 Å². The van der Waals surface area contributed by atoms with Crippen molar-refractivity contribution < 1.29 is 14.8 Å². The number of hydrogen-bond donors (Lipinski definition) is 2. The molecule has 0 atom stereocenters. The molecule has 0 aliphatic rings. The Kier molecular flexibility index (Phi) is 5.47. The van der Waals surface area contributed by atoms with Crippen LogP contribution in [-0.4, -0.2) is 26.0 Å². The highest BCUT2D eigenvalue weighted by Gasteiger charge is 2.20. The van der Waals surface area contributed by atoms with Gasteiger partial charge in [0.25, 0.3) is 5.69 Å². The largest absolute Gasteiger partial charge is 0.478 e. The first-order valence-corrected chi connectivity index (χ1v) is 8.94. The first-order valence-electron chi connectivity index (χ1n) is 8.94. The highest BCUT2D eigenvalue weighted by atomic mass is 16.6. The molecule has 0 radical (unpaired) electrons. The lowest BCUT2D eigenvalue weighted by Crippen LogP contribution is -2.05. The second-order valence-corrected chi connectivity index (χ2v) is 6.64. The molecule has 0 spiro atoms. The molecule has 0 unspecified atom stereocenters. The van der Waals surface area contributed by atoms with Crippen molar-refractivity contribution in [1.82, 2.24) is 9.97 Å². The van der Waals surface area contributed by atoms with Crippen LogP contribution in [-0.2, 0) is 0 Å². The number of carbonyl (C=O) groups is 1. The zero-order valence-electron chi connectivity index (χ0n) is 16.6. The van der Waals surface area contributed by atoms with Gasteiger partial charge in [-0.15, -0.1) is 0 Å². The number of nitrogens with zero attached hydrogens (tertiary/aromatic N) is 3. The Morgan fingerprint density at radius 1 is 1.07 bits per heavy atom. The minimum atomic E-state index is -1.05. The van der Waals surface area contributed by atoms with Gasteiger partial charge in [-0.3, -0.25) is 10.1 Å². The lowest BCUT2D eigenvalue weighted by molar-refractivity contribution is -0.384. The number of aromatic carboxylic acids is 1. The summed E-state index contributed by atoms with van der Waals surface area (Å²) in [5.41, 5.74) is 8.75. The van der Waals surface area contributed by atoms with Gasteiger partial charge in [-0.05, 0) is 44.0 Å². The van der Waals surface area contributed by atoms with Gasteiger partial charge >= 0.3 is 5.97 Å². The van der Waals surface area contributed by atoms with E-state index in [1.54, 1.807) is 38.1 Å². The molecule has 30 heavy (non-hydrogen) atoms. The van der Waals surface area contributed by atoms with Gasteiger partial charge in [0.1, 0.15) is 11.6 Å². The van der Waals surface area contributed by atoms with E-state index in [1.807, 2.05) is 6.92 Å². The molecule has 2 aromatic carbocycles. The van der Waals surface area contributed by atoms with Crippen molar-refractivity contribution in [3.8, 4) is 23.1 Å². The fraction of sp³-hybridized carbons (Fsp3) is 0.136. The van der Waals surface area contributed by atoms with Crippen LogP contribution in [0.5, 0.6) is 0 Å². The summed E-state index contributed by atoms with van der Waals surface area (Å²) in [6.45, 7) is 5.13. The SMILES string of the molecule is Cc1nc(N)c(C#Cc2c(C)ccc(C(=O)O)c2C)c(-c2ccccc2[N+](=O)[O-])n1. The molecule has 8 nitrogen and oxygen atoms in total. The number of carboxylic acid groups (broad SMARTS) is 1. The molecule has 3 N–H and O–H groups in total. The summed E-state index contributed by atoms with van der Waals surface area (Å²) in [7, 11) is 0. The second-order valence-electron chi connectivity index (χ2n) is 6.64. The summed E-state index contributed by atoms with van der Waals surface area (Å²) in [5.74, 6) is 5.29. The Morgan fingerprint density at radius 2 is 1.73 bits per heavy atom. The van der Waals surface area contributed by atoms with Crippen molar-refractivity contribution in [2.45, 2.75) is 20.8 Å². The van der Waals surface area contributed by atoms with Crippen molar-refractivity contribution >= 4 is 17.5 Å². The number of hydrogen-bond acceptors (Lipinski definition) is 6. The third-order valence-corrected chi connectivity index (χ3v) is 4.62. The third kappa shape index (κ3) is 3.82. The van der Waals surface area contributed by atoms with Gasteiger partial charge in [0.15, 0.2) is 0 Å². The molecule has 0 saturated carbocycles. The fourth-order valence-corrected chi connectivity index (χ4v) is 3.14. The average molecular weight is 402 g/mol. The fourth-order valence-electron chi connectivity index (χ4n) is 3.14. The maximum atomic E-state index is 11.5. The molecule has 0 aliphatic carbocycles. The van der Waals surface area contributed by atoms with Crippen LogP contribution in [0.4, 0.5) is 11.5 Å². The van der Waals surface area contributed by atoms with E-state index in [4.69, 9.17) is 5.73 Å². The van der Waals surface area contributed by atoms with Gasteiger partial charge in [0, 0.05) is 11.6 Å². The summed E-state index contributed by atoms with van der Waals surface area (Å²) >= 11 is 0. The molecule has 1 heterocycles. The number of aromatic nitrogens is 2. The smallest absolute Gasteiger partial charge is 0.335 e. The average Bonchev–Trinajstić information content (AvgIpc) is 2.68. The first-order chi connectivity index (χ1) is 14.2. The maximum absolute atomic E-state index is 11.5. The molecule has 0 fully saturated rings. The van der Waals surface area contributed by atoms with Gasteiger partial charge in [0.05, 0.1) is 27.3 Å². The number of para-hydroxylation sites is 1. The van der Waals surface area contributed by atoms with Gasteiger partial charge < -0.3 is 10.8 Å². The monoisotopic (exact) mass is 402 g/mol. The van der Waals surface area contributed by atoms with Crippen LogP contribution in [0.1, 0.15) is 38.4 Å². The quantitative estimate of drug-likeness (QED) is 0.388. The number of nitro benzene ring substituents is 1. The zero-order chi connectivity index (χ0) is 22.0. The molecule has 3 aromatic rings. The number of aryl methyl sites for hydroxylation is 2. The Hall–Kier alpha value is -4.25. The minimum Gasteiger partial charge on any atom is -0.478 e. The van der Waals surface area contributed by atoms with Crippen LogP contribution in [0.15, 0.2) is 36.4 Å². The van der Waals surface area contributed by atoms with Crippen LogP contribution in [0.25, 0.3) is 11.3 Å². The number of anilines is 1. The van der Waals surface area contributed by atoms with Gasteiger partial charge in [0.2, 0.25) is 0 Å². The van der Waals surface area contributed by atoms with Crippen molar-refractivity contribution in [1.29, 1.82) is 0 Å². The number of nitro groups is 1. The van der Waals surface area contributed by atoms with E-state index in [2.05, 4.69) is 21.8 Å². The summed E-state index contributed by atoms with van der Waals surface area (Å²) < 4.78 is 0. The lowest BCUT2D eigenvalue weighted by Gasteiger charge is -2.09. The molecule has 0 saturated heterocycles. The summed E-state index contributed by atoms with van der Waals surface area (Å²) in [4.78, 5) is 30.9. The normalized spacial score (nSPS) is 10.2. The highest BCUT2D eigenvalue weighted by Crippen LogP contribution is 2.32. The number of nitrogens with two attached hydrogens (primary N) is 1. The Balaban J connectivity index is 2.27. The standard InChI is InChI=1S/C22H18N4O4/c1-12-8-9-16(22(27)28)13(2)15(12)10-11-18-20(24-14(3)25-21(18)23)17-6-4-5-7-19(17)26(29)30/h4-9H,1-3H3,(H,27,28)(H2,23,24,25). The van der Waals surface area contributed by atoms with E-state index < -0.39 is 10.9 Å². The van der Waals surface area contributed by atoms with Crippen LogP contribution in [0.2, 0.25) is 0 Å². The molecule has 3 rings (SSSR count). The minimum absolute atomic E-state index is 0.0906. The van der Waals surface area contributed by atoms with E-state index in [0.29, 0.717) is 17.0 Å². The Labute approximate surface area is 172 Å². The number of nitrogen functional groups attached to an aromatic ring is 1. The van der Waals surface area contributed by atoms with Crippen LogP contribution >= 0.6 is 0 Å². The van der Waals surface area contributed by atoms with Crippen molar-refractivity contribution in [2.24, 2.45) is 0 Å². The summed E-state index contributed by atoms with van der Waals surface area (Å²) in [6, 6.07) is 9.39. The van der Waals surface area contributed by atoms with E-state index >= 15 is 0 Å². The van der Waals surface area contributed by atoms with Crippen molar-refractivity contribution in [3.05, 3.63) is 80.2 Å². The van der Waals surface area contributed by atoms with Crippen LogP contribution in [0.3, 0.4) is 0 Å². The topological polar surface area (TPSA) is 132 Å². The molecular formula is C22H18N4O4. The molecule has 0 bridgehead atoms. The maximum Gasteiger partial charge on any atom is 0.335 e. The predicted octanol–water partition coefficient (Wildman–Crippen LogP) is 3.66. The number of rotatable bonds is 3. The van der Waals surface area contributed by atoms with Crippen LogP contribution in [0, 0.1) is 42.7 Å². The zero-order valence-corrected chi connectivity index (χ0v) is 16.6. The Morgan fingerprint density at radius 3 is 2.40 bits per heavy atom. The summed E-state index contributed by atoms with van der Waals surface area (Å²) in [5, 5.41) is 20.8. The third-order valence-electron chi connectivity index (χ3n) is 4.62. The van der Waals surface area contributed by atoms with Gasteiger partial charge in [-0.25, -0.2) is 14.8 Å². The van der Waals surface area contributed by atoms with Gasteiger partial charge in [-0.2, -0.15) is 0 Å². The molecule has 8 heteroatoms. The van der Waals surface area contributed by atoms with Crippen molar-refractivity contribution in [2.75, 3.05) is 5.73 Å².